The molecule has 0 aliphatic heterocycles. The van der Waals surface area contributed by atoms with E-state index in [0.29, 0.717) is 21.8 Å². The van der Waals surface area contributed by atoms with E-state index in [4.69, 9.17) is 11.6 Å². The van der Waals surface area contributed by atoms with Crippen LogP contribution < -0.4 is 10.6 Å². The lowest BCUT2D eigenvalue weighted by molar-refractivity contribution is 0.0961. The lowest BCUT2D eigenvalue weighted by atomic mass is 10.1. The Morgan fingerprint density at radius 2 is 1.76 bits per heavy atom. The number of nitrogens with one attached hydrogen (secondary N) is 2. The Bertz CT molecular complexity index is 704. The molecular formula is C15H12BrClN2O2. The number of hydrogen-bond acceptors (Lipinski definition) is 2. The van der Waals surface area contributed by atoms with Gasteiger partial charge in [0.15, 0.2) is 0 Å². The fraction of sp³-hybridized carbons (Fsp3) is 0.0667. The quantitative estimate of drug-likeness (QED) is 0.869. The van der Waals surface area contributed by atoms with Crippen molar-refractivity contribution < 1.29 is 9.59 Å². The smallest absolute Gasteiger partial charge is 0.255 e. The lowest BCUT2D eigenvalue weighted by Gasteiger charge is -2.08. The molecule has 2 aromatic carbocycles. The summed E-state index contributed by atoms with van der Waals surface area (Å²) in [6.45, 7) is 0. The minimum Gasteiger partial charge on any atom is -0.355 e. The number of hydrogen-bond donors (Lipinski definition) is 2. The number of halogens is 2. The SMILES string of the molecule is CNC(=O)c1cccc(NC(=O)c2ccc(Br)c(Cl)c2)c1. The zero-order chi connectivity index (χ0) is 15.4. The van der Waals surface area contributed by atoms with E-state index in [-0.39, 0.29) is 11.8 Å². The van der Waals surface area contributed by atoms with Crippen molar-refractivity contribution in [3.05, 3.63) is 63.1 Å². The number of rotatable bonds is 3. The summed E-state index contributed by atoms with van der Waals surface area (Å²) in [4.78, 5) is 23.7. The van der Waals surface area contributed by atoms with Gasteiger partial charge in [0, 0.05) is 28.3 Å². The number of carbonyl (C=O) groups excluding carboxylic acids is 2. The maximum Gasteiger partial charge on any atom is 0.255 e. The minimum atomic E-state index is -0.293. The molecule has 6 heteroatoms. The third kappa shape index (κ3) is 3.83. The molecule has 0 aliphatic rings. The van der Waals surface area contributed by atoms with Crippen LogP contribution in [-0.4, -0.2) is 18.9 Å². The van der Waals surface area contributed by atoms with Gasteiger partial charge in [-0.25, -0.2) is 0 Å². The van der Waals surface area contributed by atoms with Crippen molar-refractivity contribution in [3.63, 3.8) is 0 Å². The molecule has 0 aliphatic carbocycles. The molecule has 2 amide bonds. The van der Waals surface area contributed by atoms with Crippen molar-refractivity contribution >= 4 is 45.0 Å². The topological polar surface area (TPSA) is 58.2 Å². The predicted molar refractivity (Wildman–Crippen MR) is 86.9 cm³/mol. The Morgan fingerprint density at radius 1 is 1.05 bits per heavy atom. The van der Waals surface area contributed by atoms with Gasteiger partial charge in [-0.2, -0.15) is 0 Å². The molecule has 0 saturated carbocycles. The van der Waals surface area contributed by atoms with Gasteiger partial charge >= 0.3 is 0 Å². The van der Waals surface area contributed by atoms with Crippen molar-refractivity contribution in [1.29, 1.82) is 0 Å². The number of anilines is 1. The fourth-order valence-corrected chi connectivity index (χ4v) is 2.15. The maximum atomic E-state index is 12.1. The second-order valence-electron chi connectivity index (χ2n) is 4.24. The molecule has 0 atom stereocenters. The van der Waals surface area contributed by atoms with E-state index < -0.39 is 0 Å². The highest BCUT2D eigenvalue weighted by Gasteiger charge is 2.10. The van der Waals surface area contributed by atoms with Crippen LogP contribution in [0.1, 0.15) is 20.7 Å². The van der Waals surface area contributed by atoms with Crippen molar-refractivity contribution in [2.45, 2.75) is 0 Å². The highest BCUT2D eigenvalue weighted by atomic mass is 79.9. The first-order valence-corrected chi connectivity index (χ1v) is 7.27. The molecule has 2 rings (SSSR count). The monoisotopic (exact) mass is 366 g/mol. The van der Waals surface area contributed by atoms with E-state index >= 15 is 0 Å². The summed E-state index contributed by atoms with van der Waals surface area (Å²) in [6.07, 6.45) is 0. The van der Waals surface area contributed by atoms with Crippen LogP contribution in [0.3, 0.4) is 0 Å². The van der Waals surface area contributed by atoms with Crippen molar-refractivity contribution in [1.82, 2.24) is 5.32 Å². The molecule has 0 bridgehead atoms. The minimum absolute atomic E-state index is 0.210. The van der Waals surface area contributed by atoms with E-state index in [1.54, 1.807) is 49.5 Å². The molecule has 21 heavy (non-hydrogen) atoms. The number of benzene rings is 2. The maximum absolute atomic E-state index is 12.1. The first-order chi connectivity index (χ1) is 10.0. The number of amides is 2. The summed E-state index contributed by atoms with van der Waals surface area (Å²) in [5, 5.41) is 5.72. The first-order valence-electron chi connectivity index (χ1n) is 6.10. The molecule has 2 N–H and O–H groups in total. The third-order valence-corrected chi connectivity index (χ3v) is 4.02. The van der Waals surface area contributed by atoms with Gasteiger partial charge < -0.3 is 10.6 Å². The Balaban J connectivity index is 2.19. The van der Waals surface area contributed by atoms with Crippen LogP contribution in [0.15, 0.2) is 46.9 Å². The van der Waals surface area contributed by atoms with Crippen LogP contribution in [0.2, 0.25) is 5.02 Å². The van der Waals surface area contributed by atoms with Gasteiger partial charge in [-0.05, 0) is 52.3 Å². The molecule has 0 aromatic heterocycles. The van der Waals surface area contributed by atoms with Crippen LogP contribution in [0.25, 0.3) is 0 Å². The Labute approximate surface area is 135 Å². The van der Waals surface area contributed by atoms with Crippen LogP contribution in [0.4, 0.5) is 5.69 Å². The zero-order valence-corrected chi connectivity index (χ0v) is 13.5. The molecule has 0 saturated heterocycles. The zero-order valence-electron chi connectivity index (χ0n) is 11.1. The average molecular weight is 368 g/mol. The van der Waals surface area contributed by atoms with Crippen LogP contribution in [0.5, 0.6) is 0 Å². The molecular weight excluding hydrogens is 356 g/mol. The van der Waals surface area contributed by atoms with Gasteiger partial charge in [0.05, 0.1) is 5.02 Å². The molecule has 0 spiro atoms. The third-order valence-electron chi connectivity index (χ3n) is 2.79. The van der Waals surface area contributed by atoms with Crippen LogP contribution >= 0.6 is 27.5 Å². The molecule has 0 radical (unpaired) electrons. The summed E-state index contributed by atoms with van der Waals surface area (Å²) in [5.41, 5.74) is 1.46. The second-order valence-corrected chi connectivity index (χ2v) is 5.50. The Hall–Kier alpha value is -1.85. The van der Waals surface area contributed by atoms with Crippen LogP contribution in [-0.2, 0) is 0 Å². The van der Waals surface area contributed by atoms with Gasteiger partial charge in [0.1, 0.15) is 0 Å². The van der Waals surface area contributed by atoms with Crippen molar-refractivity contribution in [3.8, 4) is 0 Å². The second kappa shape index (κ2) is 6.74. The summed E-state index contributed by atoms with van der Waals surface area (Å²) >= 11 is 9.24. The van der Waals surface area contributed by atoms with Crippen molar-refractivity contribution in [2.75, 3.05) is 12.4 Å². The molecule has 0 heterocycles. The van der Waals surface area contributed by atoms with E-state index in [9.17, 15) is 9.59 Å². The molecule has 4 nitrogen and oxygen atoms in total. The van der Waals surface area contributed by atoms with Gasteiger partial charge in [-0.15, -0.1) is 0 Å². The molecule has 0 unspecified atom stereocenters. The predicted octanol–water partition coefficient (Wildman–Crippen LogP) is 3.71. The van der Waals surface area contributed by atoms with Crippen molar-refractivity contribution in [2.24, 2.45) is 0 Å². The largest absolute Gasteiger partial charge is 0.355 e. The summed E-state index contributed by atoms with van der Waals surface area (Å²) < 4.78 is 0.724. The summed E-state index contributed by atoms with van der Waals surface area (Å²) in [7, 11) is 1.55. The van der Waals surface area contributed by atoms with E-state index in [0.717, 1.165) is 4.47 Å². The van der Waals surface area contributed by atoms with Crippen LogP contribution in [0, 0.1) is 0 Å². The molecule has 2 aromatic rings. The van der Waals surface area contributed by atoms with Gasteiger partial charge in [-0.3, -0.25) is 9.59 Å². The normalized spacial score (nSPS) is 10.0. The molecule has 108 valence electrons. The lowest BCUT2D eigenvalue weighted by Crippen LogP contribution is -2.18. The average Bonchev–Trinajstić information content (AvgIpc) is 2.49. The number of carbonyl (C=O) groups is 2. The fourth-order valence-electron chi connectivity index (χ4n) is 1.72. The van der Waals surface area contributed by atoms with Gasteiger partial charge in [0.25, 0.3) is 11.8 Å². The summed E-state index contributed by atoms with van der Waals surface area (Å²) in [6, 6.07) is 11.6. The molecule has 0 fully saturated rings. The first kappa shape index (κ1) is 15.5. The van der Waals surface area contributed by atoms with Gasteiger partial charge in [0.2, 0.25) is 0 Å². The van der Waals surface area contributed by atoms with E-state index in [2.05, 4.69) is 26.6 Å². The van der Waals surface area contributed by atoms with Gasteiger partial charge in [-0.1, -0.05) is 17.7 Å². The Morgan fingerprint density at radius 3 is 2.43 bits per heavy atom. The summed E-state index contributed by atoms with van der Waals surface area (Å²) in [5.74, 6) is -0.503. The van der Waals surface area contributed by atoms with E-state index in [1.165, 1.54) is 0 Å². The highest BCUT2D eigenvalue weighted by molar-refractivity contribution is 9.10. The van der Waals surface area contributed by atoms with E-state index in [1.807, 2.05) is 0 Å². The standard InChI is InChI=1S/C15H12BrClN2O2/c1-18-14(20)9-3-2-4-11(7-9)19-15(21)10-5-6-12(16)13(17)8-10/h2-8H,1H3,(H,18,20)(H,19,21). The Kier molecular flexibility index (Phi) is 4.98. The highest BCUT2D eigenvalue weighted by Crippen LogP contribution is 2.23.